The van der Waals surface area contributed by atoms with Gasteiger partial charge in [0.1, 0.15) is 0 Å². The van der Waals surface area contributed by atoms with E-state index in [4.69, 9.17) is 14.4 Å². The number of phosphoric acid groups is 1. The van der Waals surface area contributed by atoms with E-state index in [2.05, 4.69) is 0 Å². The quantitative estimate of drug-likeness (QED) is 0.719. The van der Waals surface area contributed by atoms with Crippen LogP contribution in [0, 0.1) is 0 Å². The number of piperidine rings is 1. The first-order valence-electron chi connectivity index (χ1n) is 5.10. The van der Waals surface area contributed by atoms with Gasteiger partial charge in [-0.2, -0.15) is 9.69 Å². The first-order chi connectivity index (χ1) is 6.55. The van der Waals surface area contributed by atoms with Gasteiger partial charge in [-0.05, 0) is 47.0 Å². The van der Waals surface area contributed by atoms with Gasteiger partial charge in [-0.1, -0.05) is 0 Å². The summed E-state index contributed by atoms with van der Waals surface area (Å²) in [5, 5.41) is 1.46. The van der Waals surface area contributed by atoms with Gasteiger partial charge in [0.15, 0.2) is 0 Å². The van der Waals surface area contributed by atoms with Crippen LogP contribution in [0.5, 0.6) is 0 Å². The van der Waals surface area contributed by atoms with Crippen molar-refractivity contribution in [2.45, 2.75) is 58.0 Å². The van der Waals surface area contributed by atoms with E-state index < -0.39 is 7.82 Å². The normalized spacial score (nSPS) is 26.5. The highest BCUT2D eigenvalue weighted by molar-refractivity contribution is 7.46. The molecule has 15 heavy (non-hydrogen) atoms. The zero-order chi connectivity index (χ0) is 11.9. The van der Waals surface area contributed by atoms with Crippen LogP contribution < -0.4 is 0 Å². The van der Waals surface area contributed by atoms with Gasteiger partial charge in [0.05, 0.1) is 0 Å². The first-order valence-corrected chi connectivity index (χ1v) is 6.63. The van der Waals surface area contributed by atoms with Gasteiger partial charge in [-0.15, -0.1) is 0 Å². The molecule has 5 nitrogen and oxygen atoms in total. The zero-order valence-corrected chi connectivity index (χ0v) is 10.6. The fourth-order valence-corrected chi connectivity index (χ4v) is 2.96. The number of nitrogens with zero attached hydrogens (tertiary/aromatic N) is 1. The molecule has 0 aromatic carbocycles. The van der Waals surface area contributed by atoms with Crippen LogP contribution in [0.3, 0.4) is 0 Å². The van der Waals surface area contributed by atoms with E-state index in [-0.39, 0.29) is 11.1 Å². The summed E-state index contributed by atoms with van der Waals surface area (Å²) in [6, 6.07) is 0. The molecule has 2 N–H and O–H groups in total. The van der Waals surface area contributed by atoms with Gasteiger partial charge in [0.25, 0.3) is 0 Å². The van der Waals surface area contributed by atoms with Crippen LogP contribution in [0.15, 0.2) is 0 Å². The number of hydrogen-bond acceptors (Lipinski definition) is 3. The Hall–Kier alpha value is 0.0700. The Bertz CT molecular complexity index is 268. The minimum absolute atomic E-state index is 0.344. The van der Waals surface area contributed by atoms with Crippen LogP contribution in [-0.2, 0) is 9.19 Å². The van der Waals surface area contributed by atoms with Crippen molar-refractivity contribution in [3.63, 3.8) is 0 Å². The van der Waals surface area contributed by atoms with Crippen LogP contribution in [0.1, 0.15) is 47.0 Å². The lowest BCUT2D eigenvalue weighted by molar-refractivity contribution is -0.227. The molecule has 0 radical (unpaired) electrons. The summed E-state index contributed by atoms with van der Waals surface area (Å²) in [5.74, 6) is 0. The molecule has 1 fully saturated rings. The van der Waals surface area contributed by atoms with Crippen LogP contribution >= 0.6 is 7.82 Å². The maximum absolute atomic E-state index is 10.9. The summed E-state index contributed by atoms with van der Waals surface area (Å²) in [5.41, 5.74) is -0.689. The molecule has 0 aromatic heterocycles. The van der Waals surface area contributed by atoms with Gasteiger partial charge in [0.2, 0.25) is 0 Å². The Labute approximate surface area is 90.6 Å². The molecule has 1 saturated heterocycles. The summed E-state index contributed by atoms with van der Waals surface area (Å²) in [6.07, 6.45) is 2.79. The summed E-state index contributed by atoms with van der Waals surface area (Å²) >= 11 is 0. The van der Waals surface area contributed by atoms with Crippen molar-refractivity contribution >= 4 is 7.82 Å². The van der Waals surface area contributed by atoms with Gasteiger partial charge in [-0.25, -0.2) is 4.57 Å². The van der Waals surface area contributed by atoms with Crippen molar-refractivity contribution < 1.29 is 19.0 Å². The molecule has 1 heterocycles. The lowest BCUT2D eigenvalue weighted by Crippen LogP contribution is -2.57. The molecule has 1 aliphatic rings. The predicted octanol–water partition coefficient (Wildman–Crippen LogP) is 2.05. The van der Waals surface area contributed by atoms with E-state index in [1.165, 1.54) is 5.06 Å². The average molecular weight is 237 g/mol. The van der Waals surface area contributed by atoms with Crippen molar-refractivity contribution in [1.29, 1.82) is 0 Å². The largest absolute Gasteiger partial charge is 0.486 e. The predicted molar refractivity (Wildman–Crippen MR) is 57.0 cm³/mol. The second kappa shape index (κ2) is 3.82. The first kappa shape index (κ1) is 13.1. The Morgan fingerprint density at radius 3 is 1.87 bits per heavy atom. The minimum atomic E-state index is -4.47. The van der Waals surface area contributed by atoms with Gasteiger partial charge in [0, 0.05) is 11.1 Å². The summed E-state index contributed by atoms with van der Waals surface area (Å²) in [4.78, 5) is 17.8. The molecule has 0 aliphatic carbocycles. The highest BCUT2D eigenvalue weighted by atomic mass is 31.2. The molecule has 6 heteroatoms. The SMILES string of the molecule is CC1(C)CCCC(C)(C)N1OP(=O)(O)O. The van der Waals surface area contributed by atoms with Crippen molar-refractivity contribution in [2.24, 2.45) is 0 Å². The minimum Gasteiger partial charge on any atom is -0.302 e. The Kier molecular flexibility index (Phi) is 3.35. The Morgan fingerprint density at radius 1 is 1.13 bits per heavy atom. The van der Waals surface area contributed by atoms with Crippen LogP contribution in [0.25, 0.3) is 0 Å². The van der Waals surface area contributed by atoms with E-state index >= 15 is 0 Å². The summed E-state index contributed by atoms with van der Waals surface area (Å²) in [6.45, 7) is 7.74. The molecule has 1 rings (SSSR count). The maximum atomic E-state index is 10.9. The molecule has 0 saturated carbocycles. The van der Waals surface area contributed by atoms with Gasteiger partial charge < -0.3 is 9.79 Å². The number of hydrogen-bond donors (Lipinski definition) is 2. The second-order valence-corrected chi connectivity index (χ2v) is 6.49. The molecule has 0 bridgehead atoms. The monoisotopic (exact) mass is 237 g/mol. The summed E-state index contributed by atoms with van der Waals surface area (Å²) < 4.78 is 15.7. The average Bonchev–Trinajstić information content (AvgIpc) is 1.95. The summed E-state index contributed by atoms with van der Waals surface area (Å²) in [7, 11) is -4.47. The number of hydroxylamine groups is 2. The van der Waals surface area contributed by atoms with E-state index in [1.807, 2.05) is 27.7 Å². The molecule has 90 valence electrons. The third kappa shape index (κ3) is 3.26. The van der Waals surface area contributed by atoms with E-state index in [1.54, 1.807) is 0 Å². The van der Waals surface area contributed by atoms with Crippen molar-refractivity contribution in [2.75, 3.05) is 0 Å². The molecule has 0 spiro atoms. The van der Waals surface area contributed by atoms with Crippen LogP contribution in [0.4, 0.5) is 0 Å². The Balaban J connectivity index is 2.92. The highest BCUT2D eigenvalue weighted by Gasteiger charge is 2.45. The topological polar surface area (TPSA) is 70.0 Å². The van der Waals surface area contributed by atoms with Gasteiger partial charge in [-0.3, -0.25) is 0 Å². The molecule has 0 aromatic rings. The van der Waals surface area contributed by atoms with E-state index in [0.717, 1.165) is 19.3 Å². The molecule has 0 unspecified atom stereocenters. The standard InChI is InChI=1S/C9H20NO4P/c1-8(2)6-5-7-9(3,4)10(8)14-15(11,12)13/h5-7H2,1-4H3,(H2,11,12,13). The van der Waals surface area contributed by atoms with Crippen molar-refractivity contribution in [1.82, 2.24) is 5.06 Å². The smallest absolute Gasteiger partial charge is 0.302 e. The third-order valence-electron chi connectivity index (χ3n) is 2.86. The lowest BCUT2D eigenvalue weighted by atomic mass is 9.82. The molecule has 0 amide bonds. The fraction of sp³-hybridized carbons (Fsp3) is 1.00. The second-order valence-electron chi connectivity index (χ2n) is 5.35. The zero-order valence-electron chi connectivity index (χ0n) is 9.73. The maximum Gasteiger partial charge on any atom is 0.486 e. The van der Waals surface area contributed by atoms with Crippen molar-refractivity contribution in [3.8, 4) is 0 Å². The molecular weight excluding hydrogens is 217 g/mol. The van der Waals surface area contributed by atoms with Gasteiger partial charge >= 0.3 is 7.82 Å². The lowest BCUT2D eigenvalue weighted by Gasteiger charge is -2.50. The van der Waals surface area contributed by atoms with E-state index in [0.29, 0.717) is 0 Å². The number of rotatable bonds is 2. The van der Waals surface area contributed by atoms with Crippen LogP contribution in [-0.4, -0.2) is 25.9 Å². The van der Waals surface area contributed by atoms with E-state index in [9.17, 15) is 4.57 Å². The highest BCUT2D eigenvalue weighted by Crippen LogP contribution is 2.47. The Morgan fingerprint density at radius 2 is 1.53 bits per heavy atom. The molecule has 1 aliphatic heterocycles. The molecular formula is C9H20NO4P. The van der Waals surface area contributed by atoms with Crippen LogP contribution in [0.2, 0.25) is 0 Å². The van der Waals surface area contributed by atoms with Crippen molar-refractivity contribution in [3.05, 3.63) is 0 Å². The fourth-order valence-electron chi connectivity index (χ4n) is 2.30. The molecule has 0 atom stereocenters. The third-order valence-corrected chi connectivity index (χ3v) is 3.24.